The zero-order chi connectivity index (χ0) is 14.2. The Morgan fingerprint density at radius 1 is 1.37 bits per heavy atom. The highest BCUT2D eigenvalue weighted by molar-refractivity contribution is 6.05. The van der Waals surface area contributed by atoms with Gasteiger partial charge in [0, 0.05) is 19.3 Å². The maximum absolute atomic E-state index is 13.5. The van der Waals surface area contributed by atoms with E-state index >= 15 is 0 Å². The standard InChI is InChI=1S/C12H12F2N4O/c1-6-11(5-18(2)17-6)16-12(19)7-3-10(15)9(14)4-8(7)13/h3-5H,15H2,1-2H3,(H,16,19). The minimum Gasteiger partial charge on any atom is -0.396 e. The summed E-state index contributed by atoms with van der Waals surface area (Å²) < 4.78 is 28.0. The summed E-state index contributed by atoms with van der Waals surface area (Å²) in [4.78, 5) is 11.9. The Hall–Kier alpha value is -2.44. The van der Waals surface area contributed by atoms with Crippen LogP contribution in [0.5, 0.6) is 0 Å². The zero-order valence-electron chi connectivity index (χ0n) is 10.4. The third kappa shape index (κ3) is 2.54. The van der Waals surface area contributed by atoms with Crippen LogP contribution in [0.4, 0.5) is 20.2 Å². The first kappa shape index (κ1) is 13.0. The summed E-state index contributed by atoms with van der Waals surface area (Å²) in [6.07, 6.45) is 1.58. The Morgan fingerprint density at radius 3 is 2.63 bits per heavy atom. The number of aromatic nitrogens is 2. The fourth-order valence-electron chi connectivity index (χ4n) is 1.65. The lowest BCUT2D eigenvalue weighted by molar-refractivity contribution is 0.102. The molecule has 0 aliphatic carbocycles. The molecule has 1 aromatic carbocycles. The van der Waals surface area contributed by atoms with Crippen LogP contribution in [0.2, 0.25) is 0 Å². The minimum atomic E-state index is -0.967. The Balaban J connectivity index is 2.30. The van der Waals surface area contributed by atoms with Gasteiger partial charge < -0.3 is 11.1 Å². The number of carbonyl (C=O) groups excluding carboxylic acids is 1. The van der Waals surface area contributed by atoms with E-state index in [4.69, 9.17) is 5.73 Å². The van der Waals surface area contributed by atoms with Crippen LogP contribution in [0.1, 0.15) is 16.1 Å². The normalized spacial score (nSPS) is 10.5. The molecule has 0 fully saturated rings. The maximum atomic E-state index is 13.5. The molecule has 2 aromatic rings. The average molecular weight is 266 g/mol. The molecule has 0 aliphatic rings. The van der Waals surface area contributed by atoms with Crippen molar-refractivity contribution in [2.75, 3.05) is 11.1 Å². The second-order valence-corrected chi connectivity index (χ2v) is 4.11. The number of carbonyl (C=O) groups is 1. The van der Waals surface area contributed by atoms with Crippen LogP contribution in [0, 0.1) is 18.6 Å². The van der Waals surface area contributed by atoms with Gasteiger partial charge in [0.25, 0.3) is 5.91 Å². The Bertz CT molecular complexity index is 651. The van der Waals surface area contributed by atoms with E-state index < -0.39 is 17.5 Å². The van der Waals surface area contributed by atoms with Gasteiger partial charge in [0.15, 0.2) is 0 Å². The van der Waals surface area contributed by atoms with Crippen molar-refractivity contribution in [3.63, 3.8) is 0 Å². The van der Waals surface area contributed by atoms with Gasteiger partial charge in [-0.05, 0) is 13.0 Å². The van der Waals surface area contributed by atoms with Crippen molar-refractivity contribution in [3.05, 3.63) is 41.2 Å². The fourth-order valence-corrected chi connectivity index (χ4v) is 1.65. The first-order valence-corrected chi connectivity index (χ1v) is 5.44. The minimum absolute atomic E-state index is 0.283. The Labute approximate surface area is 108 Å². The Morgan fingerprint density at radius 2 is 2.05 bits per heavy atom. The van der Waals surface area contributed by atoms with E-state index in [1.807, 2.05) is 0 Å². The molecule has 0 saturated heterocycles. The van der Waals surface area contributed by atoms with Gasteiger partial charge in [0.05, 0.1) is 22.6 Å². The molecule has 100 valence electrons. The van der Waals surface area contributed by atoms with Gasteiger partial charge >= 0.3 is 0 Å². The second kappa shape index (κ2) is 4.68. The molecular weight excluding hydrogens is 254 g/mol. The lowest BCUT2D eigenvalue weighted by Crippen LogP contribution is -2.15. The summed E-state index contributed by atoms with van der Waals surface area (Å²) in [5.74, 6) is -2.57. The molecule has 0 spiro atoms. The van der Waals surface area contributed by atoms with Crippen molar-refractivity contribution in [2.45, 2.75) is 6.92 Å². The molecule has 5 nitrogen and oxygen atoms in total. The number of benzene rings is 1. The summed E-state index contributed by atoms with van der Waals surface area (Å²) in [6, 6.07) is 1.55. The summed E-state index contributed by atoms with van der Waals surface area (Å²) in [5.41, 5.74) is 5.76. The molecule has 0 unspecified atom stereocenters. The van der Waals surface area contributed by atoms with Gasteiger partial charge in [-0.1, -0.05) is 0 Å². The number of anilines is 2. The largest absolute Gasteiger partial charge is 0.396 e. The van der Waals surface area contributed by atoms with Gasteiger partial charge in [-0.15, -0.1) is 0 Å². The topological polar surface area (TPSA) is 72.9 Å². The number of nitrogens with one attached hydrogen (secondary N) is 1. The number of hydrogen-bond donors (Lipinski definition) is 2. The van der Waals surface area contributed by atoms with E-state index in [0.29, 0.717) is 17.4 Å². The lowest BCUT2D eigenvalue weighted by atomic mass is 10.1. The van der Waals surface area contributed by atoms with E-state index in [9.17, 15) is 13.6 Å². The molecule has 0 radical (unpaired) electrons. The number of nitrogen functional groups attached to an aromatic ring is 1. The molecule has 1 aromatic heterocycles. The van der Waals surface area contributed by atoms with Crippen LogP contribution < -0.4 is 11.1 Å². The zero-order valence-corrected chi connectivity index (χ0v) is 10.4. The van der Waals surface area contributed by atoms with Crippen LogP contribution in [0.25, 0.3) is 0 Å². The van der Waals surface area contributed by atoms with Crippen LogP contribution in [-0.4, -0.2) is 15.7 Å². The molecule has 0 bridgehead atoms. The molecule has 2 rings (SSSR count). The van der Waals surface area contributed by atoms with Crippen molar-refractivity contribution in [2.24, 2.45) is 7.05 Å². The highest BCUT2D eigenvalue weighted by Gasteiger charge is 2.16. The maximum Gasteiger partial charge on any atom is 0.258 e. The van der Waals surface area contributed by atoms with E-state index in [2.05, 4.69) is 10.4 Å². The van der Waals surface area contributed by atoms with E-state index in [0.717, 1.165) is 6.07 Å². The number of halogens is 2. The first-order valence-electron chi connectivity index (χ1n) is 5.44. The molecule has 0 aliphatic heterocycles. The number of nitrogens with zero attached hydrogens (tertiary/aromatic N) is 2. The molecule has 1 heterocycles. The van der Waals surface area contributed by atoms with Crippen LogP contribution in [0.3, 0.4) is 0 Å². The fraction of sp³-hybridized carbons (Fsp3) is 0.167. The number of amides is 1. The molecule has 3 N–H and O–H groups in total. The van der Waals surface area contributed by atoms with E-state index in [1.54, 1.807) is 20.2 Å². The van der Waals surface area contributed by atoms with Crippen LogP contribution in [0.15, 0.2) is 18.3 Å². The van der Waals surface area contributed by atoms with Crippen molar-refractivity contribution >= 4 is 17.3 Å². The smallest absolute Gasteiger partial charge is 0.258 e. The summed E-state index contributed by atoms with van der Waals surface area (Å²) in [6.45, 7) is 1.70. The SMILES string of the molecule is Cc1nn(C)cc1NC(=O)c1cc(N)c(F)cc1F. The van der Waals surface area contributed by atoms with E-state index in [-0.39, 0.29) is 11.3 Å². The van der Waals surface area contributed by atoms with Gasteiger partial charge in [0.1, 0.15) is 11.6 Å². The molecule has 0 saturated carbocycles. The number of nitrogens with two attached hydrogens (primary N) is 1. The van der Waals surface area contributed by atoms with Crippen molar-refractivity contribution in [1.29, 1.82) is 0 Å². The number of aryl methyl sites for hydroxylation is 2. The highest BCUT2D eigenvalue weighted by atomic mass is 19.1. The molecular formula is C12H12F2N4O. The molecule has 1 amide bonds. The van der Waals surface area contributed by atoms with E-state index in [1.165, 1.54) is 4.68 Å². The van der Waals surface area contributed by atoms with Gasteiger partial charge in [-0.3, -0.25) is 9.48 Å². The molecule has 19 heavy (non-hydrogen) atoms. The summed E-state index contributed by atoms with van der Waals surface area (Å²) in [5, 5.41) is 6.53. The molecule has 0 atom stereocenters. The predicted octanol–water partition coefficient (Wildman–Crippen LogP) is 1.84. The average Bonchev–Trinajstić information content (AvgIpc) is 2.62. The van der Waals surface area contributed by atoms with Crippen molar-refractivity contribution in [3.8, 4) is 0 Å². The van der Waals surface area contributed by atoms with Gasteiger partial charge in [-0.2, -0.15) is 5.10 Å². The second-order valence-electron chi connectivity index (χ2n) is 4.11. The Kier molecular flexibility index (Phi) is 3.20. The van der Waals surface area contributed by atoms with Crippen LogP contribution >= 0.6 is 0 Å². The van der Waals surface area contributed by atoms with Crippen molar-refractivity contribution < 1.29 is 13.6 Å². The van der Waals surface area contributed by atoms with Gasteiger partial charge in [-0.25, -0.2) is 8.78 Å². The summed E-state index contributed by atoms with van der Waals surface area (Å²) >= 11 is 0. The summed E-state index contributed by atoms with van der Waals surface area (Å²) in [7, 11) is 1.69. The number of hydrogen-bond acceptors (Lipinski definition) is 3. The first-order chi connectivity index (χ1) is 8.88. The third-order valence-electron chi connectivity index (χ3n) is 2.59. The van der Waals surface area contributed by atoms with Gasteiger partial charge in [0.2, 0.25) is 0 Å². The number of rotatable bonds is 2. The predicted molar refractivity (Wildman–Crippen MR) is 66.7 cm³/mol. The third-order valence-corrected chi connectivity index (χ3v) is 2.59. The van der Waals surface area contributed by atoms with Crippen LogP contribution in [-0.2, 0) is 7.05 Å². The quantitative estimate of drug-likeness (QED) is 0.815. The van der Waals surface area contributed by atoms with Crippen molar-refractivity contribution in [1.82, 2.24) is 9.78 Å². The highest BCUT2D eigenvalue weighted by Crippen LogP contribution is 2.19. The monoisotopic (exact) mass is 266 g/mol. The molecule has 7 heteroatoms. The lowest BCUT2D eigenvalue weighted by Gasteiger charge is -2.06.